The van der Waals surface area contributed by atoms with E-state index in [0.717, 1.165) is 0 Å². The Bertz CT molecular complexity index is 889. The summed E-state index contributed by atoms with van der Waals surface area (Å²) < 4.78 is 15.3. The molecule has 2 heterocycles. The molecule has 1 aromatic carbocycles. The van der Waals surface area contributed by atoms with Gasteiger partial charge in [0, 0.05) is 32.3 Å². The summed E-state index contributed by atoms with van der Waals surface area (Å²) in [7, 11) is 3.11. The van der Waals surface area contributed by atoms with E-state index in [9.17, 15) is 14.4 Å². The molecule has 172 valence electrons. The summed E-state index contributed by atoms with van der Waals surface area (Å²) >= 11 is 0. The molecule has 9 nitrogen and oxygen atoms in total. The minimum absolute atomic E-state index is 0.111. The van der Waals surface area contributed by atoms with Crippen molar-refractivity contribution in [2.45, 2.75) is 18.9 Å². The highest BCUT2D eigenvalue weighted by Gasteiger charge is 2.34. The fraction of sp³-hybridized carbons (Fsp3) is 0.435. The van der Waals surface area contributed by atoms with Gasteiger partial charge in [-0.15, -0.1) is 0 Å². The predicted octanol–water partition coefficient (Wildman–Crippen LogP) is 1.70. The number of piperidine rings is 1. The first-order valence-electron chi connectivity index (χ1n) is 10.6. The lowest BCUT2D eigenvalue weighted by Gasteiger charge is -2.35. The van der Waals surface area contributed by atoms with E-state index in [1.807, 2.05) is 0 Å². The number of furan rings is 1. The van der Waals surface area contributed by atoms with E-state index in [1.54, 1.807) is 55.5 Å². The number of ether oxygens (including phenoxy) is 2. The average molecular weight is 444 g/mol. The van der Waals surface area contributed by atoms with E-state index in [2.05, 4.69) is 10.6 Å². The molecular formula is C23H29N3O6. The molecule has 1 fully saturated rings. The zero-order valence-electron chi connectivity index (χ0n) is 18.3. The van der Waals surface area contributed by atoms with Crippen LogP contribution in [0.3, 0.4) is 0 Å². The normalized spacial score (nSPS) is 15.1. The number of rotatable bonds is 9. The Morgan fingerprint density at radius 1 is 1.12 bits per heavy atom. The summed E-state index contributed by atoms with van der Waals surface area (Å²) in [4.78, 5) is 39.9. The second-order valence-corrected chi connectivity index (χ2v) is 7.57. The zero-order valence-corrected chi connectivity index (χ0v) is 18.3. The van der Waals surface area contributed by atoms with Crippen molar-refractivity contribution in [1.29, 1.82) is 0 Å². The van der Waals surface area contributed by atoms with E-state index >= 15 is 0 Å². The highest BCUT2D eigenvalue weighted by molar-refractivity contribution is 5.97. The van der Waals surface area contributed by atoms with Gasteiger partial charge in [0.25, 0.3) is 11.8 Å². The zero-order chi connectivity index (χ0) is 22.9. The van der Waals surface area contributed by atoms with E-state index in [-0.39, 0.29) is 23.6 Å². The molecule has 0 spiro atoms. The number of carbonyl (C=O) groups is 3. The minimum atomic E-state index is -0.720. The van der Waals surface area contributed by atoms with Crippen LogP contribution in [-0.2, 0) is 9.53 Å². The van der Waals surface area contributed by atoms with Gasteiger partial charge in [-0.3, -0.25) is 14.4 Å². The predicted molar refractivity (Wildman–Crippen MR) is 116 cm³/mol. The summed E-state index contributed by atoms with van der Waals surface area (Å²) in [6.45, 7) is 1.68. The number of amides is 3. The Morgan fingerprint density at radius 3 is 2.44 bits per heavy atom. The van der Waals surface area contributed by atoms with Crippen LogP contribution in [0.1, 0.15) is 33.8 Å². The lowest BCUT2D eigenvalue weighted by Crippen LogP contribution is -2.54. The number of benzene rings is 1. The van der Waals surface area contributed by atoms with Crippen LogP contribution in [0.5, 0.6) is 5.75 Å². The molecule has 1 aromatic heterocycles. The molecule has 3 rings (SSSR count). The third kappa shape index (κ3) is 5.88. The quantitative estimate of drug-likeness (QED) is 0.571. The van der Waals surface area contributed by atoms with Crippen molar-refractivity contribution in [3.8, 4) is 5.75 Å². The fourth-order valence-electron chi connectivity index (χ4n) is 3.74. The van der Waals surface area contributed by atoms with Crippen LogP contribution < -0.4 is 15.4 Å². The van der Waals surface area contributed by atoms with Crippen LogP contribution in [0.2, 0.25) is 0 Å². The third-order valence-electron chi connectivity index (χ3n) is 5.56. The Labute approximate surface area is 187 Å². The van der Waals surface area contributed by atoms with Crippen LogP contribution >= 0.6 is 0 Å². The highest BCUT2D eigenvalue weighted by Crippen LogP contribution is 2.23. The highest BCUT2D eigenvalue weighted by atomic mass is 16.5. The molecule has 2 aromatic rings. The van der Waals surface area contributed by atoms with Gasteiger partial charge in [0.15, 0.2) is 5.76 Å². The minimum Gasteiger partial charge on any atom is -0.497 e. The van der Waals surface area contributed by atoms with Gasteiger partial charge < -0.3 is 29.4 Å². The van der Waals surface area contributed by atoms with Gasteiger partial charge in [0.05, 0.1) is 20.0 Å². The Hall–Kier alpha value is -3.33. The second kappa shape index (κ2) is 11.3. The van der Waals surface area contributed by atoms with Crippen LogP contribution in [0.25, 0.3) is 0 Å². The monoisotopic (exact) mass is 443 g/mol. The molecule has 1 unspecified atom stereocenters. The van der Waals surface area contributed by atoms with Crippen molar-refractivity contribution in [1.82, 2.24) is 15.5 Å². The van der Waals surface area contributed by atoms with Gasteiger partial charge in [-0.1, -0.05) is 0 Å². The standard InChI is InChI=1S/C23H29N3O6/c1-30-15-11-24-22(28)20(25-21(27)17-5-7-18(31-2)8-6-17)16-9-12-26(13-10-16)23(29)19-4-3-14-32-19/h3-8,14,16,20H,9-13,15H2,1-2H3,(H,24,28)(H,25,27). The van der Waals surface area contributed by atoms with E-state index in [0.29, 0.717) is 56.2 Å². The lowest BCUT2D eigenvalue weighted by molar-refractivity contribution is -0.124. The van der Waals surface area contributed by atoms with Crippen molar-refractivity contribution in [3.63, 3.8) is 0 Å². The number of hydrogen-bond donors (Lipinski definition) is 2. The van der Waals surface area contributed by atoms with Gasteiger partial charge in [-0.2, -0.15) is 0 Å². The molecule has 1 atom stereocenters. The molecule has 9 heteroatoms. The summed E-state index contributed by atoms with van der Waals surface area (Å²) in [6.07, 6.45) is 2.63. The summed E-state index contributed by atoms with van der Waals surface area (Å²) in [5.74, 6) is 0.0553. The lowest BCUT2D eigenvalue weighted by atomic mass is 9.88. The third-order valence-corrected chi connectivity index (χ3v) is 5.56. The molecule has 1 aliphatic heterocycles. The van der Waals surface area contributed by atoms with Gasteiger partial charge in [-0.05, 0) is 55.2 Å². The van der Waals surface area contributed by atoms with Gasteiger partial charge in [0.2, 0.25) is 5.91 Å². The van der Waals surface area contributed by atoms with Gasteiger partial charge >= 0.3 is 0 Å². The number of methoxy groups -OCH3 is 2. The Morgan fingerprint density at radius 2 is 1.84 bits per heavy atom. The molecule has 2 N–H and O–H groups in total. The largest absolute Gasteiger partial charge is 0.497 e. The number of carbonyl (C=O) groups excluding carboxylic acids is 3. The van der Waals surface area contributed by atoms with Crippen molar-refractivity contribution >= 4 is 17.7 Å². The maximum absolute atomic E-state index is 12.9. The van der Waals surface area contributed by atoms with Crippen molar-refractivity contribution in [3.05, 3.63) is 54.0 Å². The van der Waals surface area contributed by atoms with Crippen LogP contribution in [-0.4, -0.2) is 69.1 Å². The average Bonchev–Trinajstić information content (AvgIpc) is 3.37. The summed E-state index contributed by atoms with van der Waals surface area (Å²) in [5.41, 5.74) is 0.436. The molecule has 0 bridgehead atoms. The van der Waals surface area contributed by atoms with Gasteiger partial charge in [-0.25, -0.2) is 0 Å². The molecule has 3 amide bonds. The SMILES string of the molecule is COCCNC(=O)C(NC(=O)c1ccc(OC)cc1)C1CCN(C(=O)c2ccco2)CC1. The van der Waals surface area contributed by atoms with E-state index in [4.69, 9.17) is 13.9 Å². The molecular weight excluding hydrogens is 414 g/mol. The number of nitrogens with one attached hydrogen (secondary N) is 2. The van der Waals surface area contributed by atoms with Crippen LogP contribution in [0.15, 0.2) is 47.1 Å². The van der Waals surface area contributed by atoms with Crippen molar-refractivity contribution < 1.29 is 28.3 Å². The molecule has 1 saturated heterocycles. The summed E-state index contributed by atoms with van der Waals surface area (Å²) in [5, 5.41) is 5.70. The summed E-state index contributed by atoms with van der Waals surface area (Å²) in [6, 6.07) is 9.28. The Balaban J connectivity index is 1.66. The first-order chi connectivity index (χ1) is 15.5. The molecule has 0 radical (unpaired) electrons. The molecule has 1 aliphatic rings. The van der Waals surface area contributed by atoms with Gasteiger partial charge in [0.1, 0.15) is 11.8 Å². The van der Waals surface area contributed by atoms with E-state index < -0.39 is 6.04 Å². The number of nitrogens with zero attached hydrogens (tertiary/aromatic N) is 1. The number of likely N-dealkylation sites (tertiary alicyclic amines) is 1. The molecule has 0 aliphatic carbocycles. The first kappa shape index (κ1) is 23.3. The smallest absolute Gasteiger partial charge is 0.289 e. The van der Waals surface area contributed by atoms with Crippen molar-refractivity contribution in [2.24, 2.45) is 5.92 Å². The molecule has 0 saturated carbocycles. The number of hydrogen-bond acceptors (Lipinski definition) is 6. The maximum Gasteiger partial charge on any atom is 0.289 e. The molecule has 32 heavy (non-hydrogen) atoms. The van der Waals surface area contributed by atoms with Crippen LogP contribution in [0, 0.1) is 5.92 Å². The second-order valence-electron chi connectivity index (χ2n) is 7.57. The van der Waals surface area contributed by atoms with E-state index in [1.165, 1.54) is 6.26 Å². The van der Waals surface area contributed by atoms with Crippen LogP contribution in [0.4, 0.5) is 0 Å². The Kier molecular flexibility index (Phi) is 8.27. The fourth-order valence-corrected chi connectivity index (χ4v) is 3.74. The topological polar surface area (TPSA) is 110 Å². The first-order valence-corrected chi connectivity index (χ1v) is 10.6. The van der Waals surface area contributed by atoms with Crippen molar-refractivity contribution in [2.75, 3.05) is 40.5 Å². The maximum atomic E-state index is 12.9.